The second-order valence-corrected chi connectivity index (χ2v) is 8.69. The number of carbonyl (C=O) groups excluding carboxylic acids is 1. The Morgan fingerprint density at radius 1 is 0.943 bits per heavy atom. The quantitative estimate of drug-likeness (QED) is 0.306. The number of rotatable bonds is 11. The minimum absolute atomic E-state index is 0.0146. The highest BCUT2D eigenvalue weighted by atomic mass is 32.2. The molecule has 0 bridgehead atoms. The maximum Gasteiger partial charge on any atom is 0.302 e. The lowest BCUT2D eigenvalue weighted by Gasteiger charge is -2.17. The second-order valence-electron chi connectivity index (χ2n) is 7.00. The third kappa shape index (κ3) is 6.96. The summed E-state index contributed by atoms with van der Waals surface area (Å²) in [5, 5.41) is 0. The van der Waals surface area contributed by atoms with Crippen LogP contribution in [-0.2, 0) is 19.6 Å². The van der Waals surface area contributed by atoms with Crippen LogP contribution in [0.3, 0.4) is 0 Å². The minimum atomic E-state index is -4.06. The highest BCUT2D eigenvalue weighted by Crippen LogP contribution is 2.38. The number of benzene rings is 2. The van der Waals surface area contributed by atoms with Crippen molar-refractivity contribution in [2.75, 3.05) is 32.2 Å². The molecule has 3 rings (SSSR count). The van der Waals surface area contributed by atoms with Gasteiger partial charge in [-0.3, -0.25) is 9.52 Å². The largest absolute Gasteiger partial charge is 0.497 e. The number of carbonyl (C=O) groups is 1. The summed E-state index contributed by atoms with van der Waals surface area (Å²) in [7, 11) is -1.07. The van der Waals surface area contributed by atoms with Crippen LogP contribution in [0.2, 0.25) is 0 Å². The van der Waals surface area contributed by atoms with E-state index in [1.807, 2.05) is 0 Å². The summed E-state index contributed by atoms with van der Waals surface area (Å²) in [6, 6.07) is 12.5. The number of hydrogen-bond acceptors (Lipinski definition) is 10. The molecule has 1 N–H and O–H groups in total. The van der Waals surface area contributed by atoms with Crippen molar-refractivity contribution < 1.29 is 36.9 Å². The van der Waals surface area contributed by atoms with Gasteiger partial charge in [0.05, 0.1) is 19.1 Å². The summed E-state index contributed by atoms with van der Waals surface area (Å²) in [4.78, 5) is 19.5. The Kier molecular flexibility index (Phi) is 8.31. The zero-order chi connectivity index (χ0) is 25.4. The summed E-state index contributed by atoms with van der Waals surface area (Å²) < 4.78 is 55.4. The van der Waals surface area contributed by atoms with Crippen molar-refractivity contribution in [2.45, 2.75) is 18.7 Å². The van der Waals surface area contributed by atoms with Crippen molar-refractivity contribution in [3.63, 3.8) is 0 Å². The first-order valence-electron chi connectivity index (χ1n) is 10.4. The third-order valence-corrected chi connectivity index (χ3v) is 5.79. The number of nitrogens with one attached hydrogen (secondary N) is 1. The first-order chi connectivity index (χ1) is 16.7. The molecular weight excluding hydrogens is 478 g/mol. The average Bonchev–Trinajstić information content (AvgIpc) is 2.83. The summed E-state index contributed by atoms with van der Waals surface area (Å²) >= 11 is 0. The molecule has 1 heterocycles. The zero-order valence-corrected chi connectivity index (χ0v) is 20.4. The Hall–Kier alpha value is -4.06. The van der Waals surface area contributed by atoms with Gasteiger partial charge in [-0.25, -0.2) is 13.4 Å². The average molecular weight is 504 g/mol. The van der Waals surface area contributed by atoms with E-state index in [9.17, 15) is 13.2 Å². The Labute approximate surface area is 203 Å². The van der Waals surface area contributed by atoms with E-state index in [0.717, 1.165) is 0 Å². The summed E-state index contributed by atoms with van der Waals surface area (Å²) in [6.07, 6.45) is 0. The summed E-state index contributed by atoms with van der Waals surface area (Å²) in [6.45, 7) is 2.76. The van der Waals surface area contributed by atoms with Gasteiger partial charge in [0.25, 0.3) is 15.9 Å². The topological polar surface area (TPSA) is 135 Å². The molecule has 0 saturated heterocycles. The lowest BCUT2D eigenvalue weighted by Crippen LogP contribution is -2.17. The number of aromatic nitrogens is 2. The van der Waals surface area contributed by atoms with Gasteiger partial charge < -0.3 is 23.7 Å². The number of sulfonamides is 1. The van der Waals surface area contributed by atoms with Crippen LogP contribution in [0.15, 0.2) is 53.4 Å². The third-order valence-electron chi connectivity index (χ3n) is 4.44. The van der Waals surface area contributed by atoms with Crippen molar-refractivity contribution in [1.29, 1.82) is 0 Å². The fourth-order valence-corrected chi connectivity index (χ4v) is 3.85. The number of hydrogen-bond donors (Lipinski definition) is 1. The number of ether oxygens (including phenoxy) is 5. The number of esters is 1. The number of aryl methyl sites for hydroxylation is 1. The highest BCUT2D eigenvalue weighted by Gasteiger charge is 2.23. The molecule has 0 atom stereocenters. The molecule has 2 aromatic carbocycles. The molecule has 186 valence electrons. The molecule has 0 spiro atoms. The molecule has 0 fully saturated rings. The van der Waals surface area contributed by atoms with Gasteiger partial charge in [0.15, 0.2) is 5.82 Å². The predicted molar refractivity (Wildman–Crippen MR) is 126 cm³/mol. The first kappa shape index (κ1) is 25.6. The zero-order valence-electron chi connectivity index (χ0n) is 19.6. The predicted octanol–water partition coefficient (Wildman–Crippen LogP) is 3.34. The number of methoxy groups -OCH3 is 2. The smallest absolute Gasteiger partial charge is 0.302 e. The van der Waals surface area contributed by atoms with Crippen LogP contribution in [0, 0.1) is 6.92 Å². The van der Waals surface area contributed by atoms with E-state index in [0.29, 0.717) is 17.2 Å². The molecule has 1 aromatic heterocycles. The molecule has 0 aliphatic carbocycles. The Bertz CT molecular complexity index is 1280. The van der Waals surface area contributed by atoms with Crippen LogP contribution in [0.5, 0.6) is 28.9 Å². The lowest BCUT2D eigenvalue weighted by atomic mass is 10.3. The van der Waals surface area contributed by atoms with Gasteiger partial charge in [0.1, 0.15) is 36.3 Å². The molecule has 11 nitrogen and oxygen atoms in total. The highest BCUT2D eigenvalue weighted by molar-refractivity contribution is 7.92. The van der Waals surface area contributed by atoms with Gasteiger partial charge in [-0.05, 0) is 43.3 Å². The van der Waals surface area contributed by atoms with Gasteiger partial charge in [-0.15, -0.1) is 0 Å². The van der Waals surface area contributed by atoms with Crippen molar-refractivity contribution in [2.24, 2.45) is 0 Å². The van der Waals surface area contributed by atoms with Gasteiger partial charge in [-0.1, -0.05) is 6.07 Å². The van der Waals surface area contributed by atoms with Crippen LogP contribution in [-0.4, -0.2) is 51.8 Å². The molecule has 0 radical (unpaired) electrons. The molecule has 35 heavy (non-hydrogen) atoms. The van der Waals surface area contributed by atoms with Crippen molar-refractivity contribution in [3.05, 3.63) is 54.4 Å². The standard InChI is InChI=1S/C23H25N3O8S/c1-15-24-22(26-35(28,29)20-10-8-17(30-3)9-11-20)21(23(25-15)33-13-12-32-16(2)27)34-19-7-5-6-18(14-19)31-4/h5-11,14H,12-13H2,1-4H3,(H,24,25,26). The van der Waals surface area contributed by atoms with Crippen LogP contribution in [0.4, 0.5) is 5.82 Å². The van der Waals surface area contributed by atoms with E-state index >= 15 is 0 Å². The molecule has 3 aromatic rings. The second kappa shape index (κ2) is 11.4. The number of nitrogens with zero attached hydrogens (tertiary/aromatic N) is 2. The normalized spacial score (nSPS) is 10.9. The van der Waals surface area contributed by atoms with E-state index in [1.165, 1.54) is 45.4 Å². The van der Waals surface area contributed by atoms with Crippen molar-refractivity contribution in [1.82, 2.24) is 9.97 Å². The number of anilines is 1. The first-order valence-corrected chi connectivity index (χ1v) is 11.8. The maximum atomic E-state index is 13.1. The molecular formula is C23H25N3O8S. The van der Waals surface area contributed by atoms with Crippen molar-refractivity contribution >= 4 is 21.8 Å². The molecule has 0 aliphatic heterocycles. The fourth-order valence-electron chi connectivity index (χ4n) is 2.84. The Balaban J connectivity index is 1.99. The molecule has 0 unspecified atom stereocenters. The summed E-state index contributed by atoms with van der Waals surface area (Å²) in [5.74, 6) is 0.848. The lowest BCUT2D eigenvalue weighted by molar-refractivity contribution is -0.141. The van der Waals surface area contributed by atoms with E-state index in [2.05, 4.69) is 14.7 Å². The fraction of sp³-hybridized carbons (Fsp3) is 0.261. The van der Waals surface area contributed by atoms with E-state index < -0.39 is 16.0 Å². The molecule has 12 heteroatoms. The van der Waals surface area contributed by atoms with Gasteiger partial charge >= 0.3 is 5.97 Å². The SMILES string of the molecule is COc1ccc(S(=O)(=O)Nc2nc(C)nc(OCCOC(C)=O)c2Oc2cccc(OC)c2)cc1. The van der Waals surface area contributed by atoms with E-state index in [4.69, 9.17) is 23.7 Å². The summed E-state index contributed by atoms with van der Waals surface area (Å²) in [5.41, 5.74) is 0. The molecule has 0 saturated carbocycles. The Morgan fingerprint density at radius 2 is 1.63 bits per heavy atom. The van der Waals surface area contributed by atoms with Crippen LogP contribution in [0.25, 0.3) is 0 Å². The van der Waals surface area contributed by atoms with Crippen molar-refractivity contribution in [3.8, 4) is 28.9 Å². The van der Waals surface area contributed by atoms with Crippen LogP contribution >= 0.6 is 0 Å². The Morgan fingerprint density at radius 3 is 2.29 bits per heavy atom. The monoisotopic (exact) mass is 503 g/mol. The minimum Gasteiger partial charge on any atom is -0.497 e. The van der Waals surface area contributed by atoms with Gasteiger partial charge in [-0.2, -0.15) is 4.98 Å². The van der Waals surface area contributed by atoms with Crippen LogP contribution in [0.1, 0.15) is 12.7 Å². The molecule has 0 aliphatic rings. The van der Waals surface area contributed by atoms with E-state index in [-0.39, 0.29) is 41.4 Å². The van der Waals surface area contributed by atoms with Gasteiger partial charge in [0, 0.05) is 13.0 Å². The molecule has 0 amide bonds. The van der Waals surface area contributed by atoms with Gasteiger partial charge in [0.2, 0.25) is 5.75 Å². The van der Waals surface area contributed by atoms with Crippen LogP contribution < -0.4 is 23.7 Å². The maximum absolute atomic E-state index is 13.1. The van der Waals surface area contributed by atoms with E-state index in [1.54, 1.807) is 31.2 Å².